The van der Waals surface area contributed by atoms with E-state index in [0.717, 1.165) is 11.1 Å². The molecule has 3 atom stereocenters. The summed E-state index contributed by atoms with van der Waals surface area (Å²) in [5, 5.41) is 36.8. The van der Waals surface area contributed by atoms with Gasteiger partial charge in [-0.25, -0.2) is 0 Å². The van der Waals surface area contributed by atoms with Crippen LogP contribution in [-0.2, 0) is 22.4 Å². The topological polar surface area (TPSA) is 153 Å². The molecule has 3 aliphatic rings. The Morgan fingerprint density at radius 2 is 1.89 bits per heavy atom. The minimum absolute atomic E-state index is 0.0407. The van der Waals surface area contributed by atoms with Crippen LogP contribution in [0.15, 0.2) is 41.7 Å². The van der Waals surface area contributed by atoms with Crippen molar-refractivity contribution >= 4 is 17.5 Å². The summed E-state index contributed by atoms with van der Waals surface area (Å²) in [6.45, 7) is 13.4. The molecule has 1 aliphatic heterocycles. The standard InChI is InChI=1S/C26H31N3O6.C2H6/c1-13(2)5-4-6-15-11-16-12-17-20(29-9-7-28-8-10-29)22(31)19(25(27)34)24(33)26(17,35)23(32)18(16)21(30)14(15)3;1-2/h4-5,11,17,20,28,30,33,35H,1,6-10,12H2,2-3H3,(H2,27,34);1-2H3/b5-4+;/t17-,20?,26-;/m0./s1. The van der Waals surface area contributed by atoms with Crippen molar-refractivity contribution in [2.75, 3.05) is 26.2 Å². The lowest BCUT2D eigenvalue weighted by Gasteiger charge is -2.49. The molecule has 1 unspecified atom stereocenters. The number of carbonyl (C=O) groups is 3. The second kappa shape index (κ2) is 11.0. The van der Waals surface area contributed by atoms with Crippen LogP contribution >= 0.6 is 0 Å². The van der Waals surface area contributed by atoms with Crippen LogP contribution in [0.3, 0.4) is 0 Å². The van der Waals surface area contributed by atoms with Gasteiger partial charge in [-0.05, 0) is 43.4 Å². The third kappa shape index (κ3) is 4.74. The highest BCUT2D eigenvalue weighted by molar-refractivity contribution is 6.24. The molecule has 200 valence electrons. The Hall–Kier alpha value is -3.27. The normalized spacial score (nSPS) is 25.9. The number of hydrogen-bond acceptors (Lipinski definition) is 8. The van der Waals surface area contributed by atoms with E-state index in [0.29, 0.717) is 43.7 Å². The Kier molecular flexibility index (Phi) is 8.42. The smallest absolute Gasteiger partial charge is 0.255 e. The summed E-state index contributed by atoms with van der Waals surface area (Å²) in [6.07, 6.45) is 4.28. The second-order valence-corrected chi connectivity index (χ2v) is 9.59. The quantitative estimate of drug-likeness (QED) is 0.295. The maximum Gasteiger partial charge on any atom is 0.255 e. The molecule has 9 heteroatoms. The van der Waals surface area contributed by atoms with Crippen LogP contribution in [-0.4, -0.2) is 75.5 Å². The van der Waals surface area contributed by atoms with Gasteiger partial charge in [0.15, 0.2) is 11.4 Å². The number of carbonyl (C=O) groups excluding carboxylic acids is 3. The fourth-order valence-electron chi connectivity index (χ4n) is 5.52. The number of phenolic OH excluding ortho intramolecular Hbond substituents is 1. The first-order chi connectivity index (χ1) is 17.5. The van der Waals surface area contributed by atoms with Crippen molar-refractivity contribution in [1.29, 1.82) is 0 Å². The number of nitrogens with two attached hydrogens (primary N) is 1. The maximum absolute atomic E-state index is 13.7. The number of piperazine rings is 1. The van der Waals surface area contributed by atoms with Gasteiger partial charge in [0.1, 0.15) is 17.1 Å². The fourth-order valence-corrected chi connectivity index (χ4v) is 5.52. The molecular weight excluding hydrogens is 474 g/mol. The zero-order chi connectivity index (χ0) is 27.7. The van der Waals surface area contributed by atoms with Gasteiger partial charge in [0.05, 0.1) is 11.6 Å². The van der Waals surface area contributed by atoms with Gasteiger partial charge in [-0.1, -0.05) is 44.2 Å². The van der Waals surface area contributed by atoms with Gasteiger partial charge in [-0.15, -0.1) is 0 Å². The van der Waals surface area contributed by atoms with Crippen LogP contribution in [0.4, 0.5) is 0 Å². The summed E-state index contributed by atoms with van der Waals surface area (Å²) in [6, 6.07) is 0.765. The second-order valence-electron chi connectivity index (χ2n) is 9.59. The van der Waals surface area contributed by atoms with Crippen LogP contribution in [0.25, 0.3) is 0 Å². The molecule has 0 saturated carbocycles. The highest BCUT2D eigenvalue weighted by Gasteiger charge is 2.62. The van der Waals surface area contributed by atoms with Crippen LogP contribution in [0.1, 0.15) is 47.8 Å². The summed E-state index contributed by atoms with van der Waals surface area (Å²) in [7, 11) is 0. The van der Waals surface area contributed by atoms with E-state index in [9.17, 15) is 29.7 Å². The zero-order valence-electron chi connectivity index (χ0n) is 21.9. The van der Waals surface area contributed by atoms with Crippen molar-refractivity contribution in [3.63, 3.8) is 0 Å². The molecule has 0 bridgehead atoms. The van der Waals surface area contributed by atoms with Gasteiger partial charge >= 0.3 is 0 Å². The lowest BCUT2D eigenvalue weighted by atomic mass is 9.61. The molecule has 1 aromatic rings. The van der Waals surface area contributed by atoms with E-state index in [1.54, 1.807) is 13.0 Å². The number of primary amides is 1. The number of aromatic hydroxyl groups is 1. The molecule has 1 aromatic carbocycles. The predicted molar refractivity (Wildman–Crippen MR) is 140 cm³/mol. The number of hydrogen-bond donors (Lipinski definition) is 5. The highest BCUT2D eigenvalue weighted by atomic mass is 16.3. The SMILES string of the molecule is C=C(C)/C=C/Cc1cc2c(c(O)c1C)C(=O)[C@]1(O)C(O)=C(C(N)=O)C(=O)C(N3CCNCC3)[C@@H]1C2.CC. The summed E-state index contributed by atoms with van der Waals surface area (Å²) < 4.78 is 0. The number of fused-ring (bicyclic) bond motifs is 2. The number of rotatable bonds is 5. The number of phenols is 1. The van der Waals surface area contributed by atoms with Gasteiger partial charge in [0.25, 0.3) is 5.91 Å². The molecule has 1 fully saturated rings. The van der Waals surface area contributed by atoms with Crippen molar-refractivity contribution < 1.29 is 29.7 Å². The molecule has 0 aromatic heterocycles. The lowest BCUT2D eigenvalue weighted by Crippen LogP contribution is -2.67. The van der Waals surface area contributed by atoms with Crippen LogP contribution in [0, 0.1) is 12.8 Å². The Bertz CT molecular complexity index is 1190. The number of nitrogens with zero attached hydrogens (tertiary/aromatic N) is 1. The van der Waals surface area contributed by atoms with E-state index in [4.69, 9.17) is 5.73 Å². The van der Waals surface area contributed by atoms with E-state index in [1.807, 2.05) is 37.8 Å². The third-order valence-corrected chi connectivity index (χ3v) is 7.32. The molecule has 1 saturated heterocycles. The van der Waals surface area contributed by atoms with Gasteiger partial charge in [-0.2, -0.15) is 0 Å². The number of amides is 1. The minimum atomic E-state index is -2.56. The van der Waals surface area contributed by atoms with Crippen LogP contribution < -0.4 is 11.1 Å². The van der Waals surface area contributed by atoms with Crippen molar-refractivity contribution in [3.05, 3.63) is 64.0 Å². The van der Waals surface area contributed by atoms with Crippen LogP contribution in [0.2, 0.25) is 0 Å². The molecule has 4 rings (SSSR count). The first-order valence-corrected chi connectivity index (χ1v) is 12.7. The van der Waals surface area contributed by atoms with E-state index >= 15 is 0 Å². The van der Waals surface area contributed by atoms with Gasteiger partial charge in [0, 0.05) is 32.1 Å². The molecule has 1 amide bonds. The third-order valence-electron chi connectivity index (χ3n) is 7.32. The van der Waals surface area contributed by atoms with Crippen molar-refractivity contribution in [2.24, 2.45) is 11.7 Å². The number of nitrogens with one attached hydrogen (secondary N) is 1. The van der Waals surface area contributed by atoms with E-state index in [2.05, 4.69) is 11.9 Å². The van der Waals surface area contributed by atoms with E-state index in [1.165, 1.54) is 0 Å². The largest absolute Gasteiger partial charge is 0.508 e. The number of allylic oxidation sites excluding steroid dienone is 3. The molecule has 9 nitrogen and oxygen atoms in total. The molecule has 1 heterocycles. The van der Waals surface area contributed by atoms with Gasteiger partial charge < -0.3 is 26.4 Å². The summed E-state index contributed by atoms with van der Waals surface area (Å²) in [5.41, 5.74) is 4.58. The van der Waals surface area contributed by atoms with Crippen molar-refractivity contribution in [2.45, 2.75) is 52.2 Å². The zero-order valence-corrected chi connectivity index (χ0v) is 21.9. The van der Waals surface area contributed by atoms with E-state index < -0.39 is 46.4 Å². The molecular formula is C28H37N3O6. The lowest BCUT2D eigenvalue weighted by molar-refractivity contribution is -0.134. The molecule has 37 heavy (non-hydrogen) atoms. The van der Waals surface area contributed by atoms with Gasteiger partial charge in [-0.3, -0.25) is 19.3 Å². The van der Waals surface area contributed by atoms with Crippen LogP contribution in [0.5, 0.6) is 5.75 Å². The number of Topliss-reactive ketones (excluding diaryl/α,β-unsaturated/α-hetero) is 2. The fraction of sp³-hybridized carbons (Fsp3) is 0.464. The maximum atomic E-state index is 13.7. The molecule has 2 aliphatic carbocycles. The Morgan fingerprint density at radius 1 is 1.27 bits per heavy atom. The summed E-state index contributed by atoms with van der Waals surface area (Å²) >= 11 is 0. The van der Waals surface area contributed by atoms with Crippen molar-refractivity contribution in [1.82, 2.24) is 10.2 Å². The average molecular weight is 512 g/mol. The van der Waals surface area contributed by atoms with E-state index in [-0.39, 0.29) is 17.7 Å². The van der Waals surface area contributed by atoms with Crippen molar-refractivity contribution in [3.8, 4) is 5.75 Å². The monoisotopic (exact) mass is 511 g/mol. The Balaban J connectivity index is 0.00000186. The summed E-state index contributed by atoms with van der Waals surface area (Å²) in [4.78, 5) is 41.1. The Morgan fingerprint density at radius 3 is 2.46 bits per heavy atom. The van der Waals surface area contributed by atoms with Gasteiger partial charge in [0.2, 0.25) is 5.78 Å². The number of ketones is 2. The summed E-state index contributed by atoms with van der Waals surface area (Å²) in [5.74, 6) is -5.24. The predicted octanol–water partition coefficient (Wildman–Crippen LogP) is 1.64. The highest BCUT2D eigenvalue weighted by Crippen LogP contribution is 2.48. The number of aliphatic hydroxyl groups is 2. The molecule has 6 N–H and O–H groups in total. The first-order valence-electron chi connectivity index (χ1n) is 12.7. The average Bonchev–Trinajstić information content (AvgIpc) is 2.86. The minimum Gasteiger partial charge on any atom is -0.508 e. The number of aliphatic hydroxyl groups excluding tert-OH is 1. The number of benzene rings is 1. The first kappa shape index (κ1) is 28.3. The molecule has 0 spiro atoms. The molecule has 0 radical (unpaired) electrons. The Labute approximate surface area is 217 Å².